The molecule has 0 amide bonds. The minimum Gasteiger partial charge on any atom is -0.496 e. The molecule has 1 rings (SSSR count). The average Bonchev–Trinajstić information content (AvgIpc) is 2.15. The Morgan fingerprint density at radius 2 is 2.31 bits per heavy atom. The molecule has 2 heteroatoms. The van der Waals surface area contributed by atoms with Crippen molar-refractivity contribution in [3.8, 4) is 5.75 Å². The molecule has 0 unspecified atom stereocenters. The Morgan fingerprint density at radius 1 is 1.54 bits per heavy atom. The van der Waals surface area contributed by atoms with Crippen molar-refractivity contribution >= 4 is 15.9 Å². The van der Waals surface area contributed by atoms with Gasteiger partial charge in [-0.3, -0.25) is 0 Å². The Kier molecular flexibility index (Phi) is 4.03. The number of hydrogen-bond donors (Lipinski definition) is 0. The maximum Gasteiger partial charge on any atom is 0.122 e. The Labute approximate surface area is 87.5 Å². The predicted molar refractivity (Wildman–Crippen MR) is 59.2 cm³/mol. The van der Waals surface area contributed by atoms with Crippen LogP contribution in [0.25, 0.3) is 0 Å². The zero-order valence-corrected chi connectivity index (χ0v) is 9.30. The molecule has 0 aromatic heterocycles. The van der Waals surface area contributed by atoms with Gasteiger partial charge >= 0.3 is 0 Å². The Balaban J connectivity index is 2.87. The number of benzene rings is 1. The molecule has 0 N–H and O–H groups in total. The highest BCUT2D eigenvalue weighted by Crippen LogP contribution is 2.23. The lowest BCUT2D eigenvalue weighted by Gasteiger charge is -2.07. The summed E-state index contributed by atoms with van der Waals surface area (Å²) in [5.74, 6) is 0.949. The first-order chi connectivity index (χ1) is 6.27. The SMILES string of the molecule is C=CCCc1cc(Br)ccc1OC. The van der Waals surface area contributed by atoms with E-state index < -0.39 is 0 Å². The monoisotopic (exact) mass is 240 g/mol. The van der Waals surface area contributed by atoms with Crippen molar-refractivity contribution in [2.45, 2.75) is 12.8 Å². The maximum absolute atomic E-state index is 5.24. The fourth-order valence-corrected chi connectivity index (χ4v) is 1.61. The summed E-state index contributed by atoms with van der Waals surface area (Å²) in [5.41, 5.74) is 1.22. The molecule has 0 heterocycles. The summed E-state index contributed by atoms with van der Waals surface area (Å²) in [7, 11) is 1.70. The molecule has 1 aromatic rings. The fourth-order valence-electron chi connectivity index (χ4n) is 1.20. The third kappa shape index (κ3) is 2.88. The highest BCUT2D eigenvalue weighted by molar-refractivity contribution is 9.10. The molecule has 0 bridgehead atoms. The van der Waals surface area contributed by atoms with Crippen molar-refractivity contribution in [1.82, 2.24) is 0 Å². The van der Waals surface area contributed by atoms with Gasteiger partial charge in [-0.2, -0.15) is 0 Å². The van der Waals surface area contributed by atoms with E-state index in [4.69, 9.17) is 4.74 Å². The van der Waals surface area contributed by atoms with Gasteiger partial charge in [0.05, 0.1) is 7.11 Å². The van der Waals surface area contributed by atoms with Crippen LogP contribution in [0, 0.1) is 0 Å². The predicted octanol–water partition coefficient (Wildman–Crippen LogP) is 3.58. The molecule has 13 heavy (non-hydrogen) atoms. The highest BCUT2D eigenvalue weighted by atomic mass is 79.9. The summed E-state index contributed by atoms with van der Waals surface area (Å²) in [6, 6.07) is 6.04. The van der Waals surface area contributed by atoms with Crippen molar-refractivity contribution in [2.75, 3.05) is 7.11 Å². The first-order valence-electron chi connectivity index (χ1n) is 4.21. The molecule has 0 atom stereocenters. The van der Waals surface area contributed by atoms with Gasteiger partial charge in [-0.25, -0.2) is 0 Å². The molecular weight excluding hydrogens is 228 g/mol. The van der Waals surface area contributed by atoms with Crippen LogP contribution >= 0.6 is 15.9 Å². The summed E-state index contributed by atoms with van der Waals surface area (Å²) in [5, 5.41) is 0. The molecular formula is C11H13BrO. The number of ether oxygens (including phenoxy) is 1. The van der Waals surface area contributed by atoms with Crippen LogP contribution in [0.4, 0.5) is 0 Å². The molecule has 0 saturated heterocycles. The second kappa shape index (κ2) is 5.07. The molecule has 0 aliphatic rings. The summed E-state index contributed by atoms with van der Waals surface area (Å²) in [4.78, 5) is 0. The van der Waals surface area contributed by atoms with E-state index in [-0.39, 0.29) is 0 Å². The minimum absolute atomic E-state index is 0.949. The van der Waals surface area contributed by atoms with Crippen LogP contribution in [0.15, 0.2) is 35.3 Å². The van der Waals surface area contributed by atoms with Crippen LogP contribution < -0.4 is 4.74 Å². The summed E-state index contributed by atoms with van der Waals surface area (Å²) >= 11 is 3.44. The zero-order chi connectivity index (χ0) is 9.68. The fraction of sp³-hybridized carbons (Fsp3) is 0.273. The van der Waals surface area contributed by atoms with E-state index >= 15 is 0 Å². The first-order valence-corrected chi connectivity index (χ1v) is 5.00. The van der Waals surface area contributed by atoms with Gasteiger partial charge in [0, 0.05) is 4.47 Å². The summed E-state index contributed by atoms with van der Waals surface area (Å²) < 4.78 is 6.33. The molecule has 1 aromatic carbocycles. The van der Waals surface area contributed by atoms with Gasteiger partial charge in [0.1, 0.15) is 5.75 Å². The van der Waals surface area contributed by atoms with Gasteiger partial charge in [0.25, 0.3) is 0 Å². The van der Waals surface area contributed by atoms with Crippen molar-refractivity contribution in [3.05, 3.63) is 40.9 Å². The van der Waals surface area contributed by atoms with Gasteiger partial charge in [0.2, 0.25) is 0 Å². The lowest BCUT2D eigenvalue weighted by Crippen LogP contribution is -1.91. The molecule has 0 saturated carbocycles. The lowest BCUT2D eigenvalue weighted by atomic mass is 10.1. The largest absolute Gasteiger partial charge is 0.496 e. The number of rotatable bonds is 4. The van der Waals surface area contributed by atoms with E-state index in [2.05, 4.69) is 28.6 Å². The summed E-state index contributed by atoms with van der Waals surface area (Å²) in [6.07, 6.45) is 3.87. The van der Waals surface area contributed by atoms with E-state index in [0.29, 0.717) is 0 Å². The van der Waals surface area contributed by atoms with Gasteiger partial charge in [-0.1, -0.05) is 22.0 Å². The third-order valence-electron chi connectivity index (χ3n) is 1.86. The van der Waals surface area contributed by atoms with E-state index in [0.717, 1.165) is 23.1 Å². The van der Waals surface area contributed by atoms with Crippen molar-refractivity contribution in [3.63, 3.8) is 0 Å². The molecule has 0 spiro atoms. The van der Waals surface area contributed by atoms with Crippen LogP contribution in [0.2, 0.25) is 0 Å². The average molecular weight is 241 g/mol. The number of halogens is 1. The third-order valence-corrected chi connectivity index (χ3v) is 2.35. The van der Waals surface area contributed by atoms with Gasteiger partial charge < -0.3 is 4.74 Å². The van der Waals surface area contributed by atoms with Crippen LogP contribution in [0.1, 0.15) is 12.0 Å². The number of hydrogen-bond acceptors (Lipinski definition) is 1. The lowest BCUT2D eigenvalue weighted by molar-refractivity contribution is 0.409. The molecule has 1 nitrogen and oxygen atoms in total. The van der Waals surface area contributed by atoms with Gasteiger partial charge in [-0.05, 0) is 36.6 Å². The molecule has 0 radical (unpaired) electrons. The first kappa shape index (κ1) is 10.3. The van der Waals surface area contributed by atoms with E-state index in [9.17, 15) is 0 Å². The smallest absolute Gasteiger partial charge is 0.122 e. The summed E-state index contributed by atoms with van der Waals surface area (Å²) in [6.45, 7) is 3.70. The molecule has 70 valence electrons. The normalized spacial score (nSPS) is 9.69. The number of methoxy groups -OCH3 is 1. The number of allylic oxidation sites excluding steroid dienone is 1. The maximum atomic E-state index is 5.24. The van der Waals surface area contributed by atoms with Crippen LogP contribution in [0.5, 0.6) is 5.75 Å². The standard InChI is InChI=1S/C11H13BrO/c1-3-4-5-9-8-10(12)6-7-11(9)13-2/h3,6-8H,1,4-5H2,2H3. The second-order valence-corrected chi connectivity index (χ2v) is 3.70. The van der Waals surface area contributed by atoms with E-state index in [1.807, 2.05) is 18.2 Å². The Morgan fingerprint density at radius 3 is 2.92 bits per heavy atom. The van der Waals surface area contributed by atoms with Crippen molar-refractivity contribution < 1.29 is 4.74 Å². The van der Waals surface area contributed by atoms with Gasteiger partial charge in [0.15, 0.2) is 0 Å². The zero-order valence-electron chi connectivity index (χ0n) is 7.72. The van der Waals surface area contributed by atoms with E-state index in [1.165, 1.54) is 5.56 Å². The Bertz CT molecular complexity index is 294. The van der Waals surface area contributed by atoms with Crippen molar-refractivity contribution in [1.29, 1.82) is 0 Å². The number of aryl methyl sites for hydroxylation is 1. The second-order valence-electron chi connectivity index (χ2n) is 2.78. The van der Waals surface area contributed by atoms with Gasteiger partial charge in [-0.15, -0.1) is 6.58 Å². The molecule has 0 fully saturated rings. The van der Waals surface area contributed by atoms with Crippen molar-refractivity contribution in [2.24, 2.45) is 0 Å². The van der Waals surface area contributed by atoms with E-state index in [1.54, 1.807) is 7.11 Å². The molecule has 0 aliphatic heterocycles. The highest BCUT2D eigenvalue weighted by Gasteiger charge is 2.01. The van der Waals surface area contributed by atoms with Crippen LogP contribution in [-0.2, 0) is 6.42 Å². The minimum atomic E-state index is 0.949. The van der Waals surface area contributed by atoms with Crippen LogP contribution in [-0.4, -0.2) is 7.11 Å². The topological polar surface area (TPSA) is 9.23 Å². The molecule has 0 aliphatic carbocycles. The quantitative estimate of drug-likeness (QED) is 0.732. The van der Waals surface area contributed by atoms with Crippen LogP contribution in [0.3, 0.4) is 0 Å². The Hall–Kier alpha value is -0.760.